The van der Waals surface area contributed by atoms with Gasteiger partial charge in [-0.1, -0.05) is 97.1 Å². The van der Waals surface area contributed by atoms with E-state index in [2.05, 4.69) is 47.0 Å². The number of hydrogen-bond donors (Lipinski definition) is 2. The fraction of sp³-hybridized carbons (Fsp3) is 0.200. The Morgan fingerprint density at radius 1 is 0.824 bits per heavy atom. The Morgan fingerprint density at radius 3 is 1.98 bits per heavy atom. The predicted molar refractivity (Wildman–Crippen MR) is 195 cm³/mol. The van der Waals surface area contributed by atoms with Crippen molar-refractivity contribution in [1.82, 2.24) is 20.1 Å². The average Bonchev–Trinajstić information content (AvgIpc) is 3.56. The van der Waals surface area contributed by atoms with Gasteiger partial charge in [0.1, 0.15) is 11.1 Å². The van der Waals surface area contributed by atoms with Crippen molar-refractivity contribution in [2.24, 2.45) is 0 Å². The summed E-state index contributed by atoms with van der Waals surface area (Å²) in [5.41, 5.74) is 2.84. The summed E-state index contributed by atoms with van der Waals surface area (Å²) in [4.78, 5) is 31.1. The minimum absolute atomic E-state index is 0.00789. The number of benzene rings is 4. The maximum atomic E-state index is 13.8. The molecule has 0 saturated carbocycles. The number of nitrogens with zero attached hydrogens (tertiary/aromatic N) is 3. The van der Waals surface area contributed by atoms with E-state index in [0.717, 1.165) is 16.7 Å². The lowest BCUT2D eigenvalue weighted by Crippen LogP contribution is -2.38. The number of aromatic nitrogens is 3. The summed E-state index contributed by atoms with van der Waals surface area (Å²) >= 11 is 0. The molecular weight excluding hydrogens is 663 g/mol. The standard InChI is InChI=1S/C40H37N5O5S/c1-39(2,3)50-38(47)44-34-22-24-51(48,49)35-25-27(19-20-31(34)35)37(46)43-33-21-23-41-36-32(33)26-42-45(36)40(28-13-7-4-8-14-28,29-15-9-5-10-16-29)30-17-11-6-12-18-30/h4-21,23,25-26,34H,22,24H2,1-3H3,(H,44,47)(H,41,43,46)/t34-/m0/s1. The summed E-state index contributed by atoms with van der Waals surface area (Å²) in [6, 6.07) is 35.9. The third kappa shape index (κ3) is 6.36. The first-order valence-corrected chi connectivity index (χ1v) is 18.3. The Bertz CT molecular complexity index is 2240. The van der Waals surface area contributed by atoms with Gasteiger partial charge in [0.25, 0.3) is 5.91 Å². The minimum atomic E-state index is -3.70. The van der Waals surface area contributed by atoms with Gasteiger partial charge in [-0.05, 0) is 67.6 Å². The van der Waals surface area contributed by atoms with Gasteiger partial charge in [-0.15, -0.1) is 0 Å². The van der Waals surface area contributed by atoms with Crippen LogP contribution in [-0.2, 0) is 20.1 Å². The summed E-state index contributed by atoms with van der Waals surface area (Å²) in [5.74, 6) is -0.683. The Labute approximate surface area is 296 Å². The van der Waals surface area contributed by atoms with E-state index in [1.165, 1.54) is 6.07 Å². The number of anilines is 1. The number of rotatable bonds is 7. The molecule has 0 bridgehead atoms. The first-order chi connectivity index (χ1) is 24.5. The molecule has 7 rings (SSSR count). The van der Waals surface area contributed by atoms with Crippen LogP contribution in [0.4, 0.5) is 10.5 Å². The van der Waals surface area contributed by atoms with E-state index in [1.54, 1.807) is 51.4 Å². The van der Waals surface area contributed by atoms with E-state index >= 15 is 0 Å². The molecule has 1 atom stereocenters. The van der Waals surface area contributed by atoms with Gasteiger partial charge in [0, 0.05) is 11.8 Å². The second-order valence-electron chi connectivity index (χ2n) is 13.5. The third-order valence-electron chi connectivity index (χ3n) is 8.97. The van der Waals surface area contributed by atoms with Crippen LogP contribution in [0.5, 0.6) is 0 Å². The molecule has 3 heterocycles. The second-order valence-corrected chi connectivity index (χ2v) is 15.6. The van der Waals surface area contributed by atoms with Gasteiger partial charge in [0.2, 0.25) is 0 Å². The molecule has 2 amide bonds. The van der Waals surface area contributed by atoms with Crippen molar-refractivity contribution < 1.29 is 22.7 Å². The highest BCUT2D eigenvalue weighted by Gasteiger charge is 2.41. The van der Waals surface area contributed by atoms with Crippen molar-refractivity contribution in [2.75, 3.05) is 11.1 Å². The Kier molecular flexibility index (Phi) is 8.68. The molecule has 0 saturated heterocycles. The summed E-state index contributed by atoms with van der Waals surface area (Å²) in [6.45, 7) is 5.26. The zero-order chi connectivity index (χ0) is 35.8. The van der Waals surface area contributed by atoms with E-state index in [-0.39, 0.29) is 22.6 Å². The fourth-order valence-corrected chi connectivity index (χ4v) is 8.40. The molecule has 2 aromatic heterocycles. The van der Waals surface area contributed by atoms with Gasteiger partial charge in [-0.3, -0.25) is 4.79 Å². The lowest BCUT2D eigenvalue weighted by molar-refractivity contribution is 0.0500. The molecule has 0 unspecified atom stereocenters. The SMILES string of the molecule is CC(C)(C)OC(=O)N[C@H]1CCS(=O)(=O)c2cc(C(=O)Nc3ccnc4c3cnn4C(c3ccccc3)(c3ccccc3)c3ccccc3)ccc21. The van der Waals surface area contributed by atoms with Crippen LogP contribution in [0.3, 0.4) is 0 Å². The molecular formula is C40H37N5O5S. The molecule has 0 aliphatic carbocycles. The average molecular weight is 700 g/mol. The Morgan fingerprint density at radius 2 is 1.41 bits per heavy atom. The fourth-order valence-electron chi connectivity index (χ4n) is 6.75. The molecule has 0 fully saturated rings. The van der Waals surface area contributed by atoms with Gasteiger partial charge in [0.05, 0.1) is 34.0 Å². The molecule has 0 radical (unpaired) electrons. The van der Waals surface area contributed by atoms with E-state index < -0.39 is 39.0 Å². The number of amides is 2. The highest BCUT2D eigenvalue weighted by Crippen LogP contribution is 2.42. The van der Waals surface area contributed by atoms with Crippen LogP contribution in [0.1, 0.15) is 65.8 Å². The van der Waals surface area contributed by atoms with Crippen LogP contribution in [0, 0.1) is 0 Å². The van der Waals surface area contributed by atoms with Gasteiger partial charge in [-0.2, -0.15) is 5.10 Å². The first-order valence-electron chi connectivity index (χ1n) is 16.6. The zero-order valence-corrected chi connectivity index (χ0v) is 29.2. The number of pyridine rings is 1. The Hall–Kier alpha value is -5.81. The predicted octanol–water partition coefficient (Wildman–Crippen LogP) is 7.27. The molecule has 1 aliphatic heterocycles. The quantitative estimate of drug-likeness (QED) is 0.168. The smallest absolute Gasteiger partial charge is 0.408 e. The molecule has 51 heavy (non-hydrogen) atoms. The number of carbonyl (C=O) groups excluding carboxylic acids is 2. The van der Waals surface area contributed by atoms with Crippen molar-refractivity contribution >= 4 is 38.6 Å². The number of alkyl carbamates (subject to hydrolysis) is 1. The van der Waals surface area contributed by atoms with Crippen LogP contribution in [-0.4, -0.2) is 46.5 Å². The van der Waals surface area contributed by atoms with Crippen LogP contribution in [0.2, 0.25) is 0 Å². The van der Waals surface area contributed by atoms with Gasteiger partial charge in [0.15, 0.2) is 15.5 Å². The normalized spacial score (nSPS) is 15.5. The van der Waals surface area contributed by atoms with Crippen molar-refractivity contribution in [3.63, 3.8) is 0 Å². The summed E-state index contributed by atoms with van der Waals surface area (Å²) in [5, 5.41) is 11.3. The van der Waals surface area contributed by atoms with Crippen molar-refractivity contribution in [1.29, 1.82) is 0 Å². The largest absolute Gasteiger partial charge is 0.444 e. The van der Waals surface area contributed by atoms with E-state index in [0.29, 0.717) is 22.3 Å². The third-order valence-corrected chi connectivity index (χ3v) is 10.8. The lowest BCUT2D eigenvalue weighted by atomic mass is 9.77. The van der Waals surface area contributed by atoms with Crippen LogP contribution >= 0.6 is 0 Å². The van der Waals surface area contributed by atoms with E-state index in [1.807, 2.05) is 59.3 Å². The highest BCUT2D eigenvalue weighted by molar-refractivity contribution is 7.91. The number of ether oxygens (including phenoxy) is 1. The molecule has 4 aromatic carbocycles. The van der Waals surface area contributed by atoms with E-state index in [9.17, 15) is 18.0 Å². The van der Waals surface area contributed by atoms with E-state index in [4.69, 9.17) is 14.8 Å². The van der Waals surface area contributed by atoms with Crippen LogP contribution < -0.4 is 10.6 Å². The van der Waals surface area contributed by atoms with Crippen LogP contribution in [0.15, 0.2) is 133 Å². The summed E-state index contributed by atoms with van der Waals surface area (Å²) in [6.07, 6.45) is 2.85. The van der Waals surface area contributed by atoms with Crippen molar-refractivity contribution in [3.8, 4) is 0 Å². The minimum Gasteiger partial charge on any atom is -0.444 e. The molecule has 6 aromatic rings. The molecule has 11 heteroatoms. The summed E-state index contributed by atoms with van der Waals surface area (Å²) in [7, 11) is -3.70. The lowest BCUT2D eigenvalue weighted by Gasteiger charge is -2.36. The van der Waals surface area contributed by atoms with Gasteiger partial charge >= 0.3 is 6.09 Å². The van der Waals surface area contributed by atoms with Gasteiger partial charge < -0.3 is 15.4 Å². The van der Waals surface area contributed by atoms with Crippen LogP contribution in [0.25, 0.3) is 11.0 Å². The van der Waals surface area contributed by atoms with Crippen molar-refractivity contribution in [3.05, 3.63) is 155 Å². The monoisotopic (exact) mass is 699 g/mol. The van der Waals surface area contributed by atoms with Gasteiger partial charge in [-0.25, -0.2) is 22.9 Å². The second kappa shape index (κ2) is 13.1. The maximum Gasteiger partial charge on any atom is 0.408 e. The number of hydrogen-bond acceptors (Lipinski definition) is 7. The number of nitrogens with one attached hydrogen (secondary N) is 2. The molecule has 0 spiro atoms. The number of fused-ring (bicyclic) bond motifs is 2. The highest BCUT2D eigenvalue weighted by atomic mass is 32.2. The number of carbonyl (C=O) groups is 2. The first kappa shape index (κ1) is 33.7. The topological polar surface area (TPSA) is 132 Å². The number of sulfone groups is 1. The summed E-state index contributed by atoms with van der Waals surface area (Å²) < 4.78 is 33.7. The molecule has 1 aliphatic rings. The zero-order valence-electron chi connectivity index (χ0n) is 28.4. The molecule has 258 valence electrons. The maximum absolute atomic E-state index is 13.8. The Balaban J connectivity index is 1.28. The van der Waals surface area contributed by atoms with Crippen molar-refractivity contribution in [2.45, 2.75) is 49.3 Å². The molecule has 2 N–H and O–H groups in total. The molecule has 10 nitrogen and oxygen atoms in total.